The highest BCUT2D eigenvalue weighted by Crippen LogP contribution is 2.14. The molecule has 0 N–H and O–H groups in total. The van der Waals surface area contributed by atoms with Crippen LogP contribution in [0.25, 0.3) is 0 Å². The first-order valence-corrected chi connectivity index (χ1v) is 9.18. The topological polar surface area (TPSA) is 65.1 Å². The number of hydrogen-bond donors (Lipinski definition) is 0. The molecule has 0 fully saturated rings. The number of methoxy groups -OCH3 is 2. The van der Waals surface area contributed by atoms with Crippen LogP contribution in [-0.4, -0.2) is 50.8 Å². The number of rotatable bonds is 10. The van der Waals surface area contributed by atoms with Crippen molar-refractivity contribution in [2.24, 2.45) is 5.92 Å². The summed E-state index contributed by atoms with van der Waals surface area (Å²) in [6, 6.07) is 16.9. The van der Waals surface area contributed by atoms with Crippen molar-refractivity contribution in [3.63, 3.8) is 0 Å². The van der Waals surface area contributed by atoms with Gasteiger partial charge in [0.2, 0.25) is 0 Å². The van der Waals surface area contributed by atoms with Gasteiger partial charge in [0, 0.05) is 19.6 Å². The zero-order valence-electron chi connectivity index (χ0n) is 16.6. The Kier molecular flexibility index (Phi) is 8.49. The minimum atomic E-state index is -0.377. The van der Waals surface area contributed by atoms with Crippen molar-refractivity contribution in [1.82, 2.24) is 4.90 Å². The van der Waals surface area contributed by atoms with Gasteiger partial charge >= 0.3 is 11.9 Å². The summed E-state index contributed by atoms with van der Waals surface area (Å²) in [5, 5.41) is 0. The zero-order chi connectivity index (χ0) is 20.4. The maximum atomic E-state index is 11.8. The molecule has 0 spiro atoms. The molecule has 6 nitrogen and oxygen atoms in total. The number of ether oxygens (including phenoxy) is 3. The molecule has 1 unspecified atom stereocenters. The highest BCUT2D eigenvalue weighted by Gasteiger charge is 2.18. The van der Waals surface area contributed by atoms with Crippen LogP contribution in [0, 0.1) is 5.92 Å². The van der Waals surface area contributed by atoms with Crippen LogP contribution in [0.1, 0.15) is 22.8 Å². The molecular weight excluding hydrogens is 358 g/mol. The van der Waals surface area contributed by atoms with Crippen molar-refractivity contribution < 1.29 is 23.8 Å². The summed E-state index contributed by atoms with van der Waals surface area (Å²) in [6.07, 6.45) is 0. The molecule has 1 atom stereocenters. The lowest BCUT2D eigenvalue weighted by Gasteiger charge is -2.25. The molecule has 0 aliphatic carbocycles. The second-order valence-electron chi connectivity index (χ2n) is 6.51. The zero-order valence-corrected chi connectivity index (χ0v) is 16.6. The number of esters is 2. The molecule has 0 aliphatic rings. The van der Waals surface area contributed by atoms with Crippen LogP contribution in [0.4, 0.5) is 0 Å². The summed E-state index contributed by atoms with van der Waals surface area (Å²) >= 11 is 0. The van der Waals surface area contributed by atoms with Gasteiger partial charge in [-0.1, -0.05) is 37.3 Å². The maximum absolute atomic E-state index is 11.8. The van der Waals surface area contributed by atoms with Crippen molar-refractivity contribution in [2.75, 3.05) is 33.9 Å². The number of benzene rings is 2. The van der Waals surface area contributed by atoms with Crippen molar-refractivity contribution in [3.05, 3.63) is 65.7 Å². The summed E-state index contributed by atoms with van der Waals surface area (Å²) in [5.41, 5.74) is 1.65. The molecule has 2 aromatic rings. The van der Waals surface area contributed by atoms with Crippen LogP contribution >= 0.6 is 0 Å². The Morgan fingerprint density at radius 1 is 0.964 bits per heavy atom. The molecule has 6 heteroatoms. The minimum absolute atomic E-state index is 0.225. The number of nitrogens with zero attached hydrogens (tertiary/aromatic N) is 1. The third-order valence-corrected chi connectivity index (χ3v) is 4.34. The molecule has 28 heavy (non-hydrogen) atoms. The quantitative estimate of drug-likeness (QED) is 0.586. The van der Waals surface area contributed by atoms with Gasteiger partial charge in [-0.15, -0.1) is 0 Å². The van der Waals surface area contributed by atoms with Crippen molar-refractivity contribution in [3.8, 4) is 5.75 Å². The van der Waals surface area contributed by atoms with Crippen LogP contribution in [0.15, 0.2) is 54.6 Å². The van der Waals surface area contributed by atoms with Crippen LogP contribution in [-0.2, 0) is 20.8 Å². The van der Waals surface area contributed by atoms with Gasteiger partial charge < -0.3 is 14.2 Å². The molecule has 0 aliphatic heterocycles. The Morgan fingerprint density at radius 3 is 2.25 bits per heavy atom. The lowest BCUT2D eigenvalue weighted by molar-refractivity contribution is -0.145. The summed E-state index contributed by atoms with van der Waals surface area (Å²) in [5.74, 6) is -0.156. The highest BCUT2D eigenvalue weighted by atomic mass is 16.5. The Balaban J connectivity index is 1.93. The Bertz CT molecular complexity index is 745. The second kappa shape index (κ2) is 11.1. The molecule has 2 aromatic carbocycles. The van der Waals surface area contributed by atoms with E-state index >= 15 is 0 Å². The molecule has 0 amide bonds. The maximum Gasteiger partial charge on any atom is 0.337 e. The summed E-state index contributed by atoms with van der Waals surface area (Å²) in [4.78, 5) is 25.4. The second-order valence-corrected chi connectivity index (χ2v) is 6.51. The first-order valence-electron chi connectivity index (χ1n) is 9.18. The SMILES string of the molecule is COC(=O)c1ccc(OCCN(Cc2ccccc2)CC(C)C(=O)OC)cc1. The molecule has 0 radical (unpaired) electrons. The predicted molar refractivity (Wildman–Crippen MR) is 106 cm³/mol. The highest BCUT2D eigenvalue weighted by molar-refractivity contribution is 5.89. The van der Waals surface area contributed by atoms with Gasteiger partial charge in [-0.05, 0) is 29.8 Å². The van der Waals surface area contributed by atoms with E-state index in [1.165, 1.54) is 19.8 Å². The number of carbonyl (C=O) groups excluding carboxylic acids is 2. The van der Waals surface area contributed by atoms with E-state index in [1.807, 2.05) is 25.1 Å². The standard InChI is InChI=1S/C22H27NO5/c1-17(21(24)26-2)15-23(16-18-7-5-4-6-8-18)13-14-28-20-11-9-19(10-12-20)22(25)27-3/h4-12,17H,13-16H2,1-3H3. The van der Waals surface area contributed by atoms with Gasteiger partial charge in [0.15, 0.2) is 0 Å². The molecule has 0 saturated carbocycles. The Labute approximate surface area is 166 Å². The molecule has 0 aromatic heterocycles. The lowest BCUT2D eigenvalue weighted by Crippen LogP contribution is -2.35. The van der Waals surface area contributed by atoms with Crippen LogP contribution in [0.5, 0.6) is 5.75 Å². The first kappa shape index (κ1) is 21.4. The summed E-state index contributed by atoms with van der Waals surface area (Å²) in [7, 11) is 2.75. The minimum Gasteiger partial charge on any atom is -0.492 e. The predicted octanol–water partition coefficient (Wildman–Crippen LogP) is 3.16. The average molecular weight is 385 g/mol. The largest absolute Gasteiger partial charge is 0.492 e. The summed E-state index contributed by atoms with van der Waals surface area (Å²) < 4.78 is 15.3. The van der Waals surface area contributed by atoms with Gasteiger partial charge in [-0.2, -0.15) is 0 Å². The fourth-order valence-corrected chi connectivity index (χ4v) is 2.84. The molecule has 0 saturated heterocycles. The van der Waals surface area contributed by atoms with Gasteiger partial charge in [0.25, 0.3) is 0 Å². The first-order chi connectivity index (χ1) is 13.5. The van der Waals surface area contributed by atoms with Crippen LogP contribution in [0.2, 0.25) is 0 Å². The number of carbonyl (C=O) groups is 2. The van der Waals surface area contributed by atoms with Gasteiger partial charge in [0.05, 0.1) is 25.7 Å². The smallest absolute Gasteiger partial charge is 0.337 e. The number of hydrogen-bond acceptors (Lipinski definition) is 6. The molecular formula is C22H27NO5. The fraction of sp³-hybridized carbons (Fsp3) is 0.364. The van der Waals surface area contributed by atoms with Gasteiger partial charge in [0.1, 0.15) is 12.4 Å². The van der Waals surface area contributed by atoms with Crippen molar-refractivity contribution >= 4 is 11.9 Å². The van der Waals surface area contributed by atoms with Crippen molar-refractivity contribution in [1.29, 1.82) is 0 Å². The van der Waals surface area contributed by atoms with E-state index in [-0.39, 0.29) is 17.9 Å². The lowest BCUT2D eigenvalue weighted by atomic mass is 10.1. The van der Waals surface area contributed by atoms with E-state index in [1.54, 1.807) is 24.3 Å². The van der Waals surface area contributed by atoms with Crippen LogP contribution in [0.3, 0.4) is 0 Å². The average Bonchev–Trinajstić information content (AvgIpc) is 2.73. The molecule has 0 bridgehead atoms. The Morgan fingerprint density at radius 2 is 1.64 bits per heavy atom. The monoisotopic (exact) mass is 385 g/mol. The molecule has 150 valence electrons. The van der Waals surface area contributed by atoms with E-state index in [0.29, 0.717) is 37.6 Å². The fourth-order valence-electron chi connectivity index (χ4n) is 2.84. The summed E-state index contributed by atoms with van der Waals surface area (Å²) in [6.45, 7) is 4.25. The third kappa shape index (κ3) is 6.70. The van der Waals surface area contributed by atoms with E-state index in [2.05, 4.69) is 21.8 Å². The Hall–Kier alpha value is -2.86. The molecule has 2 rings (SSSR count). The third-order valence-electron chi connectivity index (χ3n) is 4.34. The van der Waals surface area contributed by atoms with E-state index < -0.39 is 0 Å². The molecule has 0 heterocycles. The van der Waals surface area contributed by atoms with Gasteiger partial charge in [-0.25, -0.2) is 4.79 Å². The van der Waals surface area contributed by atoms with E-state index in [9.17, 15) is 9.59 Å². The van der Waals surface area contributed by atoms with E-state index in [4.69, 9.17) is 9.47 Å². The normalized spacial score (nSPS) is 11.7. The van der Waals surface area contributed by atoms with Crippen molar-refractivity contribution in [2.45, 2.75) is 13.5 Å². The van der Waals surface area contributed by atoms with E-state index in [0.717, 1.165) is 0 Å². The van der Waals surface area contributed by atoms with Gasteiger partial charge in [-0.3, -0.25) is 9.69 Å². The van der Waals surface area contributed by atoms with Crippen LogP contribution < -0.4 is 4.74 Å².